The van der Waals surface area contributed by atoms with Crippen molar-refractivity contribution in [1.82, 2.24) is 20.4 Å². The highest BCUT2D eigenvalue weighted by Gasteiger charge is 2.25. The van der Waals surface area contributed by atoms with Crippen LogP contribution in [0.3, 0.4) is 0 Å². The molecule has 98 valence electrons. The van der Waals surface area contributed by atoms with E-state index in [4.69, 9.17) is 11.6 Å². The van der Waals surface area contributed by atoms with E-state index >= 15 is 0 Å². The second kappa shape index (κ2) is 6.11. The van der Waals surface area contributed by atoms with Crippen LogP contribution in [0.25, 0.3) is 0 Å². The average molecular weight is 269 g/mol. The van der Waals surface area contributed by atoms with Gasteiger partial charge in [-0.15, -0.1) is 5.10 Å². The molecule has 2 heterocycles. The summed E-state index contributed by atoms with van der Waals surface area (Å²) in [4.78, 5) is 13.9. The molecule has 1 amide bonds. The number of carbonyl (C=O) groups is 1. The molecular weight excluding hydrogens is 252 g/mol. The van der Waals surface area contributed by atoms with Crippen LogP contribution in [0, 0.1) is 5.92 Å². The predicted octanol–water partition coefficient (Wildman–Crippen LogP) is 1.09. The molecule has 18 heavy (non-hydrogen) atoms. The van der Waals surface area contributed by atoms with Gasteiger partial charge in [0.2, 0.25) is 5.91 Å². The lowest BCUT2D eigenvalue weighted by atomic mass is 9.97. The van der Waals surface area contributed by atoms with Crippen LogP contribution in [0.5, 0.6) is 0 Å². The highest BCUT2D eigenvalue weighted by Crippen LogP contribution is 2.18. The van der Waals surface area contributed by atoms with E-state index in [0.29, 0.717) is 5.15 Å². The van der Waals surface area contributed by atoms with Crippen molar-refractivity contribution in [3.8, 4) is 0 Å². The molecule has 0 spiro atoms. The number of halogens is 1. The normalized spacial score (nSPS) is 20.7. The van der Waals surface area contributed by atoms with Gasteiger partial charge in [0.1, 0.15) is 0 Å². The third-order valence-electron chi connectivity index (χ3n) is 3.20. The molecule has 1 aromatic heterocycles. The lowest BCUT2D eigenvalue weighted by molar-refractivity contribution is -0.126. The molecule has 1 aliphatic rings. The van der Waals surface area contributed by atoms with Crippen LogP contribution >= 0.6 is 11.6 Å². The Hall–Kier alpha value is -1.20. The quantitative estimate of drug-likeness (QED) is 0.892. The largest absolute Gasteiger partial charge is 0.359 e. The molecule has 1 aliphatic heterocycles. The van der Waals surface area contributed by atoms with Gasteiger partial charge in [-0.2, -0.15) is 5.10 Å². The highest BCUT2D eigenvalue weighted by atomic mass is 35.5. The van der Waals surface area contributed by atoms with E-state index < -0.39 is 0 Å². The van der Waals surface area contributed by atoms with Crippen molar-refractivity contribution < 1.29 is 4.79 Å². The lowest BCUT2D eigenvalue weighted by Crippen LogP contribution is -2.41. The Morgan fingerprint density at radius 2 is 2.39 bits per heavy atom. The van der Waals surface area contributed by atoms with Crippen LogP contribution < -0.4 is 5.32 Å². The van der Waals surface area contributed by atoms with Crippen LogP contribution in [-0.2, 0) is 11.3 Å². The molecule has 1 saturated heterocycles. The minimum Gasteiger partial charge on any atom is -0.359 e. The average Bonchev–Trinajstić information content (AvgIpc) is 2.41. The summed E-state index contributed by atoms with van der Waals surface area (Å²) < 4.78 is 0. The first-order valence-electron chi connectivity index (χ1n) is 6.11. The number of aromatic nitrogens is 2. The number of hydrogen-bond donors (Lipinski definition) is 1. The van der Waals surface area contributed by atoms with E-state index in [-0.39, 0.29) is 11.8 Å². The molecule has 0 bridgehead atoms. The second-order valence-corrected chi connectivity index (χ2v) is 4.92. The maximum absolute atomic E-state index is 11.6. The molecule has 6 heteroatoms. The number of nitrogens with zero attached hydrogens (tertiary/aromatic N) is 3. The van der Waals surface area contributed by atoms with Crippen molar-refractivity contribution in [1.29, 1.82) is 0 Å². The summed E-state index contributed by atoms with van der Waals surface area (Å²) in [7, 11) is 1.69. The molecule has 5 nitrogen and oxygen atoms in total. The topological polar surface area (TPSA) is 58.1 Å². The zero-order chi connectivity index (χ0) is 13.0. The first-order valence-corrected chi connectivity index (χ1v) is 6.49. The number of nitrogens with one attached hydrogen (secondary N) is 1. The fourth-order valence-electron chi connectivity index (χ4n) is 2.27. The molecule has 1 aromatic rings. The monoisotopic (exact) mass is 268 g/mol. The fraction of sp³-hybridized carbons (Fsp3) is 0.583. The summed E-state index contributed by atoms with van der Waals surface area (Å²) in [6, 6.07) is 3.61. The van der Waals surface area contributed by atoms with Gasteiger partial charge < -0.3 is 5.32 Å². The van der Waals surface area contributed by atoms with Gasteiger partial charge in [0.25, 0.3) is 0 Å². The van der Waals surface area contributed by atoms with Crippen LogP contribution in [0.15, 0.2) is 12.1 Å². The summed E-state index contributed by atoms with van der Waals surface area (Å²) in [5, 5.41) is 11.0. The van der Waals surface area contributed by atoms with Gasteiger partial charge >= 0.3 is 0 Å². The summed E-state index contributed by atoms with van der Waals surface area (Å²) in [6.07, 6.45) is 2.00. The van der Waals surface area contributed by atoms with Gasteiger partial charge in [-0.1, -0.05) is 11.6 Å². The summed E-state index contributed by atoms with van der Waals surface area (Å²) in [5.74, 6) is 0.214. The number of likely N-dealkylation sites (tertiary alicyclic amines) is 1. The number of amides is 1. The zero-order valence-corrected chi connectivity index (χ0v) is 11.2. The standard InChI is InChI=1S/C12H17ClN4O/c1-14-12(18)9-3-2-6-17(7-9)8-10-4-5-11(13)16-15-10/h4-5,9H,2-3,6-8H2,1H3,(H,14,18). The van der Waals surface area contributed by atoms with E-state index in [0.717, 1.165) is 38.2 Å². The van der Waals surface area contributed by atoms with Crippen molar-refractivity contribution in [3.05, 3.63) is 23.0 Å². The van der Waals surface area contributed by atoms with E-state index in [1.54, 1.807) is 13.1 Å². The Bertz CT molecular complexity index is 409. The van der Waals surface area contributed by atoms with Gasteiger partial charge in [-0.3, -0.25) is 9.69 Å². The summed E-state index contributed by atoms with van der Waals surface area (Å²) in [6.45, 7) is 2.50. The second-order valence-electron chi connectivity index (χ2n) is 4.54. The van der Waals surface area contributed by atoms with Crippen molar-refractivity contribution in [2.45, 2.75) is 19.4 Å². The molecule has 0 saturated carbocycles. The Morgan fingerprint density at radius 1 is 1.56 bits per heavy atom. The van der Waals surface area contributed by atoms with Crippen LogP contribution in [0.1, 0.15) is 18.5 Å². The maximum atomic E-state index is 11.6. The van der Waals surface area contributed by atoms with E-state index in [2.05, 4.69) is 20.4 Å². The predicted molar refractivity (Wildman–Crippen MR) is 69.1 cm³/mol. The van der Waals surface area contributed by atoms with Gasteiger partial charge in [-0.25, -0.2) is 0 Å². The zero-order valence-electron chi connectivity index (χ0n) is 10.4. The molecular formula is C12H17ClN4O. The summed E-state index contributed by atoms with van der Waals surface area (Å²) >= 11 is 5.70. The van der Waals surface area contributed by atoms with Crippen LogP contribution in [0.2, 0.25) is 5.15 Å². The van der Waals surface area contributed by atoms with E-state index in [9.17, 15) is 4.79 Å². The number of piperidine rings is 1. The summed E-state index contributed by atoms with van der Waals surface area (Å²) in [5.41, 5.74) is 0.886. The van der Waals surface area contributed by atoms with Crippen molar-refractivity contribution >= 4 is 17.5 Å². The molecule has 2 rings (SSSR count). The molecule has 1 atom stereocenters. The van der Waals surface area contributed by atoms with Crippen molar-refractivity contribution in [2.24, 2.45) is 5.92 Å². The Morgan fingerprint density at radius 3 is 3.06 bits per heavy atom. The number of hydrogen-bond acceptors (Lipinski definition) is 4. The fourth-order valence-corrected chi connectivity index (χ4v) is 2.38. The van der Waals surface area contributed by atoms with Gasteiger partial charge in [0.05, 0.1) is 11.6 Å². The first kappa shape index (κ1) is 13.2. The smallest absolute Gasteiger partial charge is 0.224 e. The maximum Gasteiger partial charge on any atom is 0.224 e. The molecule has 1 fully saturated rings. The minimum atomic E-state index is 0.0870. The SMILES string of the molecule is CNC(=O)C1CCCN(Cc2ccc(Cl)nn2)C1. The van der Waals surface area contributed by atoms with Gasteiger partial charge in [0, 0.05) is 20.1 Å². The molecule has 0 radical (unpaired) electrons. The van der Waals surface area contributed by atoms with E-state index in [1.165, 1.54) is 0 Å². The minimum absolute atomic E-state index is 0.0870. The molecule has 1 unspecified atom stereocenters. The highest BCUT2D eigenvalue weighted by molar-refractivity contribution is 6.29. The Labute approximate surface area is 112 Å². The number of rotatable bonds is 3. The van der Waals surface area contributed by atoms with Gasteiger partial charge in [-0.05, 0) is 31.5 Å². The van der Waals surface area contributed by atoms with Crippen molar-refractivity contribution in [2.75, 3.05) is 20.1 Å². The van der Waals surface area contributed by atoms with Gasteiger partial charge in [0.15, 0.2) is 5.15 Å². The van der Waals surface area contributed by atoms with Crippen LogP contribution in [-0.4, -0.2) is 41.1 Å². The molecule has 0 aromatic carbocycles. The van der Waals surface area contributed by atoms with E-state index in [1.807, 2.05) is 6.07 Å². The third-order valence-corrected chi connectivity index (χ3v) is 3.40. The lowest BCUT2D eigenvalue weighted by Gasteiger charge is -2.31. The van der Waals surface area contributed by atoms with Crippen LogP contribution in [0.4, 0.5) is 0 Å². The molecule has 1 N–H and O–H groups in total. The van der Waals surface area contributed by atoms with Crippen molar-refractivity contribution in [3.63, 3.8) is 0 Å². The molecule has 0 aliphatic carbocycles. The Kier molecular flexibility index (Phi) is 4.49. The Balaban J connectivity index is 1.93. The third kappa shape index (κ3) is 3.40. The first-order chi connectivity index (χ1) is 8.69. The number of carbonyl (C=O) groups excluding carboxylic acids is 1.